The van der Waals surface area contributed by atoms with Gasteiger partial charge in [0.25, 0.3) is 10.1 Å². The van der Waals surface area contributed by atoms with Crippen molar-refractivity contribution in [2.45, 2.75) is 193 Å². The van der Waals surface area contributed by atoms with Crippen LogP contribution in [0.3, 0.4) is 0 Å². The average Bonchev–Trinajstić information content (AvgIpc) is 3.12. The van der Waals surface area contributed by atoms with E-state index < -0.39 is 28.0 Å². The smallest absolute Gasteiger partial charge is 0.267 e. The second kappa shape index (κ2) is 39.2. The first-order chi connectivity index (χ1) is 25.8. The normalized spacial score (nSPS) is 14.1. The molecule has 2 unspecified atom stereocenters. The van der Waals surface area contributed by atoms with E-state index in [0.29, 0.717) is 6.42 Å². The summed E-state index contributed by atoms with van der Waals surface area (Å²) < 4.78 is 32.5. The number of amides is 1. The van der Waals surface area contributed by atoms with E-state index in [1.165, 1.54) is 102 Å². The van der Waals surface area contributed by atoms with Crippen LogP contribution in [-0.4, -0.2) is 41.9 Å². The van der Waals surface area contributed by atoms with Crippen molar-refractivity contribution in [3.05, 3.63) is 85.1 Å². The van der Waals surface area contributed by atoms with E-state index in [1.54, 1.807) is 0 Å². The van der Waals surface area contributed by atoms with Gasteiger partial charge in [0.1, 0.15) is 0 Å². The lowest BCUT2D eigenvalue weighted by Gasteiger charge is -2.20. The molecule has 1 amide bonds. The maximum absolute atomic E-state index is 12.5. The fraction of sp³-hybridized carbons (Fsp3) is 0.674. The van der Waals surface area contributed by atoms with Crippen LogP contribution in [0.4, 0.5) is 0 Å². The zero-order chi connectivity index (χ0) is 38.9. The highest BCUT2D eigenvalue weighted by Gasteiger charge is 2.24. The molecule has 0 saturated heterocycles. The third kappa shape index (κ3) is 40.5. The van der Waals surface area contributed by atoms with E-state index in [2.05, 4.69) is 79.9 Å². The molecule has 0 aliphatic rings. The number of aliphatic hydroxyl groups excluding tert-OH is 1. The minimum atomic E-state index is -4.37. The quantitative estimate of drug-likeness (QED) is 0.0332. The molecule has 6 nitrogen and oxygen atoms in total. The van der Waals surface area contributed by atoms with E-state index in [4.69, 9.17) is 0 Å². The van der Waals surface area contributed by atoms with Crippen LogP contribution in [0.15, 0.2) is 85.1 Å². The zero-order valence-corrected chi connectivity index (χ0v) is 34.7. The monoisotopic (exact) mass is 758 g/mol. The average molecular weight is 758 g/mol. The molecule has 0 radical (unpaired) electrons. The molecule has 0 aromatic rings. The Morgan fingerprint density at radius 3 is 1.30 bits per heavy atom. The summed E-state index contributed by atoms with van der Waals surface area (Å²) in [6, 6.07) is -1.10. The second-order valence-electron chi connectivity index (χ2n) is 14.2. The highest BCUT2D eigenvalue weighted by molar-refractivity contribution is 7.85. The van der Waals surface area contributed by atoms with Crippen molar-refractivity contribution in [3.63, 3.8) is 0 Å². The molecule has 0 spiro atoms. The van der Waals surface area contributed by atoms with Gasteiger partial charge in [-0.15, -0.1) is 0 Å². The van der Waals surface area contributed by atoms with Crippen LogP contribution in [0.2, 0.25) is 0 Å². The molecule has 0 heterocycles. The Morgan fingerprint density at radius 2 is 0.906 bits per heavy atom. The summed E-state index contributed by atoms with van der Waals surface area (Å²) >= 11 is 0. The van der Waals surface area contributed by atoms with Gasteiger partial charge in [0.2, 0.25) is 5.91 Å². The molecule has 0 saturated carbocycles. The van der Waals surface area contributed by atoms with Crippen molar-refractivity contribution in [3.8, 4) is 0 Å². The molecule has 0 bridgehead atoms. The van der Waals surface area contributed by atoms with Crippen LogP contribution in [-0.2, 0) is 14.9 Å². The third-order valence-corrected chi connectivity index (χ3v) is 9.87. The van der Waals surface area contributed by atoms with Crippen molar-refractivity contribution in [2.24, 2.45) is 0 Å². The van der Waals surface area contributed by atoms with Gasteiger partial charge in [0.15, 0.2) is 0 Å². The van der Waals surface area contributed by atoms with Crippen LogP contribution in [0, 0.1) is 0 Å². The highest BCUT2D eigenvalue weighted by Crippen LogP contribution is 2.15. The number of carbonyl (C=O) groups is 1. The van der Waals surface area contributed by atoms with Gasteiger partial charge in [-0.05, 0) is 57.8 Å². The number of aliphatic hydroxyl groups is 1. The summed E-state index contributed by atoms with van der Waals surface area (Å²) in [5.74, 6) is -1.10. The van der Waals surface area contributed by atoms with Crippen LogP contribution < -0.4 is 5.32 Å². The minimum absolute atomic E-state index is 0.166. The predicted molar refractivity (Wildman–Crippen MR) is 230 cm³/mol. The molecule has 53 heavy (non-hydrogen) atoms. The summed E-state index contributed by atoms with van der Waals surface area (Å²) in [6.07, 6.45) is 57.2. The highest BCUT2D eigenvalue weighted by atomic mass is 32.2. The van der Waals surface area contributed by atoms with Crippen molar-refractivity contribution in [1.82, 2.24) is 5.32 Å². The van der Waals surface area contributed by atoms with Gasteiger partial charge in [-0.25, -0.2) is 0 Å². The molecule has 0 rings (SSSR count). The van der Waals surface area contributed by atoms with Gasteiger partial charge in [0, 0.05) is 6.42 Å². The SMILES string of the molecule is CC/C=C\C/C=C\C/C=C\C/C=C\C/C=C\C/C=C\CCC(=O)NC(CS(=O)(=O)O)C(O)/C=C/CCCCCCCCCCCCCCCCCCC. The molecular formula is C46H79NO5S. The Kier molecular flexibility index (Phi) is 37.4. The number of hydrogen-bond acceptors (Lipinski definition) is 4. The summed E-state index contributed by atoms with van der Waals surface area (Å²) in [4.78, 5) is 12.5. The third-order valence-electron chi connectivity index (χ3n) is 9.09. The minimum Gasteiger partial charge on any atom is -0.387 e. The Hall–Kier alpha value is -2.48. The summed E-state index contributed by atoms with van der Waals surface area (Å²) in [6.45, 7) is 4.41. The van der Waals surface area contributed by atoms with Gasteiger partial charge in [0.05, 0.1) is 17.9 Å². The predicted octanol–water partition coefficient (Wildman–Crippen LogP) is 12.8. The summed E-state index contributed by atoms with van der Waals surface area (Å²) in [7, 11) is -4.37. The standard InChI is InChI=1S/C46H79NO5S/c1-3-5-7-9-11-13-15-17-19-21-23-25-27-29-31-33-35-37-39-41-45(48)44(43-53(50,51)52)47-46(49)42-40-38-36-34-32-30-28-26-24-22-20-18-16-14-12-10-8-6-4-2/h6,8,12,14,18,20,24,26,30,32,36,38-39,41,44-45,48H,3-5,7,9-11,13,15-17,19,21-23,25,27-29,31,33-35,37,40,42-43H2,1-2H3,(H,47,49)(H,50,51,52)/b8-6-,14-12-,20-18-,26-24-,32-30-,38-36-,41-39+. The summed E-state index contributed by atoms with van der Waals surface area (Å²) in [5, 5.41) is 13.2. The fourth-order valence-electron chi connectivity index (χ4n) is 5.94. The lowest BCUT2D eigenvalue weighted by Crippen LogP contribution is -2.46. The lowest BCUT2D eigenvalue weighted by molar-refractivity contribution is -0.122. The van der Waals surface area contributed by atoms with Gasteiger partial charge in [-0.2, -0.15) is 8.42 Å². The molecule has 7 heteroatoms. The summed E-state index contributed by atoms with van der Waals surface area (Å²) in [5.41, 5.74) is 0. The van der Waals surface area contributed by atoms with Gasteiger partial charge < -0.3 is 10.4 Å². The van der Waals surface area contributed by atoms with Crippen molar-refractivity contribution < 1.29 is 22.9 Å². The number of hydrogen-bond donors (Lipinski definition) is 3. The number of rotatable bonds is 37. The molecule has 304 valence electrons. The first-order valence-corrected chi connectivity index (χ1v) is 22.9. The molecule has 0 aliphatic carbocycles. The van der Waals surface area contributed by atoms with Crippen LogP contribution in [0.1, 0.15) is 181 Å². The van der Waals surface area contributed by atoms with Crippen molar-refractivity contribution in [1.29, 1.82) is 0 Å². The van der Waals surface area contributed by atoms with Gasteiger partial charge >= 0.3 is 0 Å². The lowest BCUT2D eigenvalue weighted by atomic mass is 10.0. The van der Waals surface area contributed by atoms with E-state index >= 15 is 0 Å². The van der Waals surface area contributed by atoms with Crippen molar-refractivity contribution in [2.75, 3.05) is 5.75 Å². The Balaban J connectivity index is 4.05. The molecule has 0 aromatic heterocycles. The Bertz CT molecular complexity index is 1150. The number of nitrogens with one attached hydrogen (secondary N) is 1. The molecule has 3 N–H and O–H groups in total. The second-order valence-corrected chi connectivity index (χ2v) is 15.7. The van der Waals surface area contributed by atoms with Crippen molar-refractivity contribution >= 4 is 16.0 Å². The maximum Gasteiger partial charge on any atom is 0.267 e. The molecule has 0 fully saturated rings. The topological polar surface area (TPSA) is 104 Å². The number of carbonyl (C=O) groups excluding carboxylic acids is 1. The molecule has 0 aliphatic heterocycles. The molecule has 0 aromatic carbocycles. The largest absolute Gasteiger partial charge is 0.387 e. The van der Waals surface area contributed by atoms with Crippen LogP contribution >= 0.6 is 0 Å². The number of unbranched alkanes of at least 4 members (excludes halogenated alkanes) is 17. The van der Waals surface area contributed by atoms with Crippen LogP contribution in [0.5, 0.6) is 0 Å². The number of allylic oxidation sites excluding steroid dienone is 13. The zero-order valence-electron chi connectivity index (χ0n) is 33.9. The Labute approximate surface area is 326 Å². The van der Waals surface area contributed by atoms with Gasteiger partial charge in [-0.3, -0.25) is 9.35 Å². The van der Waals surface area contributed by atoms with E-state index in [9.17, 15) is 22.9 Å². The molecule has 2 atom stereocenters. The Morgan fingerprint density at radius 1 is 0.528 bits per heavy atom. The first-order valence-electron chi connectivity index (χ1n) is 21.3. The van der Waals surface area contributed by atoms with Crippen LogP contribution in [0.25, 0.3) is 0 Å². The molecular weight excluding hydrogens is 679 g/mol. The van der Waals surface area contributed by atoms with E-state index in [1.807, 2.05) is 18.2 Å². The first kappa shape index (κ1) is 50.5. The van der Waals surface area contributed by atoms with E-state index in [0.717, 1.165) is 57.8 Å². The van der Waals surface area contributed by atoms with Gasteiger partial charge in [-0.1, -0.05) is 202 Å². The fourth-order valence-corrected chi connectivity index (χ4v) is 6.68. The van der Waals surface area contributed by atoms with E-state index in [-0.39, 0.29) is 12.3 Å². The maximum atomic E-state index is 12.5.